The topological polar surface area (TPSA) is 73.9 Å². The van der Waals surface area contributed by atoms with Crippen LogP contribution in [0.25, 0.3) is 0 Å². The summed E-state index contributed by atoms with van der Waals surface area (Å²) in [6.07, 6.45) is -1.05. The molecule has 2 aliphatic heterocycles. The fourth-order valence-electron chi connectivity index (χ4n) is 4.70. The molecule has 7 nitrogen and oxygen atoms in total. The van der Waals surface area contributed by atoms with Gasteiger partial charge in [0, 0.05) is 37.3 Å². The third-order valence-corrected chi connectivity index (χ3v) is 6.44. The van der Waals surface area contributed by atoms with E-state index in [0.29, 0.717) is 32.0 Å². The van der Waals surface area contributed by atoms with Crippen molar-refractivity contribution in [1.29, 1.82) is 0 Å². The summed E-state index contributed by atoms with van der Waals surface area (Å²) in [6.45, 7) is 2.19. The van der Waals surface area contributed by atoms with Crippen LogP contribution < -0.4 is 20.4 Å². The number of carbonyl (C=O) groups excluding carboxylic acids is 2. The lowest BCUT2D eigenvalue weighted by molar-refractivity contribution is -0.137. The van der Waals surface area contributed by atoms with E-state index in [4.69, 9.17) is 4.74 Å². The summed E-state index contributed by atoms with van der Waals surface area (Å²) in [7, 11) is 1.70. The number of piperidine rings is 1. The van der Waals surface area contributed by atoms with Crippen molar-refractivity contribution in [2.45, 2.75) is 43.9 Å². The molecular formula is C25H29F3N4O3. The number of benzene rings is 2. The molecule has 0 spiro atoms. The van der Waals surface area contributed by atoms with Gasteiger partial charge in [-0.05, 0) is 74.2 Å². The minimum absolute atomic E-state index is 0.208. The number of carbonyl (C=O) groups is 2. The van der Waals surface area contributed by atoms with Crippen molar-refractivity contribution >= 4 is 29.0 Å². The van der Waals surface area contributed by atoms with Crippen LogP contribution in [0.4, 0.5) is 35.0 Å². The maximum Gasteiger partial charge on any atom is 0.416 e. The van der Waals surface area contributed by atoms with Gasteiger partial charge in [-0.3, -0.25) is 4.79 Å². The largest absolute Gasteiger partial charge is 0.416 e. The fourth-order valence-corrected chi connectivity index (χ4v) is 4.70. The molecule has 0 bridgehead atoms. The van der Waals surface area contributed by atoms with Crippen molar-refractivity contribution < 1.29 is 27.5 Å². The van der Waals surface area contributed by atoms with Gasteiger partial charge in [0.05, 0.1) is 18.2 Å². The van der Waals surface area contributed by atoms with Crippen molar-refractivity contribution in [3.63, 3.8) is 0 Å². The highest BCUT2D eigenvalue weighted by atomic mass is 19.4. The predicted molar refractivity (Wildman–Crippen MR) is 128 cm³/mol. The molecular weight excluding hydrogens is 461 g/mol. The molecule has 2 aromatic carbocycles. The third-order valence-electron chi connectivity index (χ3n) is 6.44. The summed E-state index contributed by atoms with van der Waals surface area (Å²) in [5.41, 5.74) is 1.26. The minimum Gasteiger partial charge on any atom is -0.383 e. The molecule has 2 N–H and O–H groups in total. The number of methoxy groups -OCH3 is 1. The molecule has 0 saturated carbocycles. The standard InChI is InChI=1S/C25H29F3N4O3/c1-35-16-21-4-2-14-31(21)19-10-12-20(13-11-19)32-15-3-5-22(23(32)33)30-24(34)29-18-8-6-17(7-9-18)25(26,27)28/h6-13,21-22H,2-5,14-16H2,1H3,(H2,29,30,34). The molecule has 2 unspecified atom stereocenters. The van der Waals surface area contributed by atoms with E-state index in [1.54, 1.807) is 12.0 Å². The number of nitrogens with zero attached hydrogens (tertiary/aromatic N) is 2. The zero-order valence-electron chi connectivity index (χ0n) is 19.5. The molecule has 2 fully saturated rings. The van der Waals surface area contributed by atoms with Crippen LogP contribution in [0.5, 0.6) is 0 Å². The minimum atomic E-state index is -4.45. The summed E-state index contributed by atoms with van der Waals surface area (Å²) in [5.74, 6) is -0.218. The number of amides is 3. The SMILES string of the molecule is COCC1CCCN1c1ccc(N2CCCC(NC(=O)Nc3ccc(C(F)(F)F)cc3)C2=O)cc1. The zero-order chi connectivity index (χ0) is 25.0. The van der Waals surface area contributed by atoms with Gasteiger partial charge in [-0.2, -0.15) is 13.2 Å². The Morgan fingerprint density at radius 1 is 1.00 bits per heavy atom. The summed E-state index contributed by atoms with van der Waals surface area (Å²) in [4.78, 5) is 29.5. The van der Waals surface area contributed by atoms with E-state index in [9.17, 15) is 22.8 Å². The van der Waals surface area contributed by atoms with Gasteiger partial charge in [0.15, 0.2) is 0 Å². The first-order valence-electron chi connectivity index (χ1n) is 11.7. The lowest BCUT2D eigenvalue weighted by Crippen LogP contribution is -2.53. The molecule has 2 saturated heterocycles. The Balaban J connectivity index is 1.36. The highest BCUT2D eigenvalue weighted by Gasteiger charge is 2.32. The van der Waals surface area contributed by atoms with Crippen LogP contribution in [0.3, 0.4) is 0 Å². The van der Waals surface area contributed by atoms with Crippen molar-refractivity contribution in [2.75, 3.05) is 41.9 Å². The van der Waals surface area contributed by atoms with E-state index in [0.717, 1.165) is 42.9 Å². The van der Waals surface area contributed by atoms with Gasteiger partial charge in [0.2, 0.25) is 5.91 Å². The molecule has 2 aromatic rings. The monoisotopic (exact) mass is 490 g/mol. The van der Waals surface area contributed by atoms with Gasteiger partial charge >= 0.3 is 12.2 Å². The van der Waals surface area contributed by atoms with Crippen molar-refractivity contribution in [1.82, 2.24) is 5.32 Å². The van der Waals surface area contributed by atoms with Crippen LogP contribution in [0, 0.1) is 0 Å². The lowest BCUT2D eigenvalue weighted by Gasteiger charge is -2.33. The van der Waals surface area contributed by atoms with Crippen LogP contribution in [-0.2, 0) is 15.7 Å². The van der Waals surface area contributed by atoms with Crippen LogP contribution in [0.1, 0.15) is 31.2 Å². The normalized spacial score (nSPS) is 20.7. The molecule has 2 heterocycles. The second kappa shape index (κ2) is 10.6. The van der Waals surface area contributed by atoms with E-state index >= 15 is 0 Å². The zero-order valence-corrected chi connectivity index (χ0v) is 19.5. The first kappa shape index (κ1) is 24.8. The van der Waals surface area contributed by atoms with E-state index in [1.165, 1.54) is 12.1 Å². The second-order valence-corrected chi connectivity index (χ2v) is 8.82. The number of anilines is 3. The molecule has 35 heavy (non-hydrogen) atoms. The number of nitrogens with one attached hydrogen (secondary N) is 2. The molecule has 0 radical (unpaired) electrons. The van der Waals surface area contributed by atoms with Gasteiger partial charge in [-0.1, -0.05) is 0 Å². The Hall–Kier alpha value is -3.27. The van der Waals surface area contributed by atoms with E-state index < -0.39 is 23.8 Å². The Bertz CT molecular complexity index is 1030. The van der Waals surface area contributed by atoms with E-state index in [1.807, 2.05) is 24.3 Å². The van der Waals surface area contributed by atoms with Gasteiger partial charge in [0.25, 0.3) is 0 Å². The van der Waals surface area contributed by atoms with Gasteiger partial charge in [0.1, 0.15) is 6.04 Å². The maximum atomic E-state index is 13.1. The van der Waals surface area contributed by atoms with E-state index in [2.05, 4.69) is 15.5 Å². The average Bonchev–Trinajstić information content (AvgIpc) is 3.29. The molecule has 0 aliphatic carbocycles. The summed E-state index contributed by atoms with van der Waals surface area (Å²) >= 11 is 0. The van der Waals surface area contributed by atoms with Crippen LogP contribution in [0.2, 0.25) is 0 Å². The second-order valence-electron chi connectivity index (χ2n) is 8.82. The van der Waals surface area contributed by atoms with Gasteiger partial charge < -0.3 is 25.2 Å². The average molecular weight is 491 g/mol. The summed E-state index contributed by atoms with van der Waals surface area (Å²) < 4.78 is 43.5. The number of urea groups is 1. The fraction of sp³-hybridized carbons (Fsp3) is 0.440. The van der Waals surface area contributed by atoms with Crippen LogP contribution in [0.15, 0.2) is 48.5 Å². The Morgan fingerprint density at radius 2 is 1.66 bits per heavy atom. The quantitative estimate of drug-likeness (QED) is 0.619. The number of ether oxygens (including phenoxy) is 1. The molecule has 2 aliphatic rings. The van der Waals surface area contributed by atoms with Gasteiger partial charge in [-0.15, -0.1) is 0 Å². The van der Waals surface area contributed by atoms with Crippen molar-refractivity contribution in [3.05, 3.63) is 54.1 Å². The highest BCUT2D eigenvalue weighted by Crippen LogP contribution is 2.31. The number of halogens is 3. The highest BCUT2D eigenvalue weighted by molar-refractivity contribution is 6.01. The summed E-state index contributed by atoms with van der Waals surface area (Å²) in [5, 5.41) is 5.14. The smallest absolute Gasteiger partial charge is 0.383 e. The van der Waals surface area contributed by atoms with E-state index in [-0.39, 0.29) is 11.6 Å². The molecule has 0 aromatic heterocycles. The molecule has 188 valence electrons. The van der Waals surface area contributed by atoms with Crippen molar-refractivity contribution in [2.24, 2.45) is 0 Å². The first-order valence-corrected chi connectivity index (χ1v) is 11.7. The Kier molecular flexibility index (Phi) is 7.49. The number of alkyl halides is 3. The number of hydrogen-bond donors (Lipinski definition) is 2. The van der Waals surface area contributed by atoms with Gasteiger partial charge in [-0.25, -0.2) is 4.79 Å². The molecule has 2 atom stereocenters. The number of hydrogen-bond acceptors (Lipinski definition) is 4. The Labute approximate surface area is 202 Å². The summed E-state index contributed by atoms with van der Waals surface area (Å²) in [6, 6.07) is 11.0. The first-order chi connectivity index (χ1) is 16.8. The molecule has 3 amide bonds. The third kappa shape index (κ3) is 5.87. The Morgan fingerprint density at radius 3 is 2.31 bits per heavy atom. The molecule has 10 heteroatoms. The van der Waals surface area contributed by atoms with Crippen molar-refractivity contribution in [3.8, 4) is 0 Å². The predicted octanol–water partition coefficient (Wildman–Crippen LogP) is 4.64. The maximum absolute atomic E-state index is 13.1. The van der Waals surface area contributed by atoms with Crippen LogP contribution in [-0.4, -0.2) is 50.8 Å². The molecule has 4 rings (SSSR count). The lowest BCUT2D eigenvalue weighted by atomic mass is 10.0. The van der Waals surface area contributed by atoms with Crippen LogP contribution >= 0.6 is 0 Å². The number of rotatable bonds is 6.